The highest BCUT2D eigenvalue weighted by molar-refractivity contribution is 5.95. The molecule has 0 aliphatic rings. The number of rotatable bonds is 4. The van der Waals surface area contributed by atoms with Crippen LogP contribution >= 0.6 is 0 Å². The quantitative estimate of drug-likeness (QED) is 0.767. The molecule has 18 heavy (non-hydrogen) atoms. The minimum atomic E-state index is -0.530. The molecule has 4 N–H and O–H groups in total. The van der Waals surface area contributed by atoms with Crippen molar-refractivity contribution in [1.82, 2.24) is 0 Å². The Balaban J connectivity index is 2.86. The van der Waals surface area contributed by atoms with Crippen LogP contribution in [0.4, 0.5) is 5.69 Å². The molecule has 0 saturated carbocycles. The number of anilines is 1. The highest BCUT2D eigenvalue weighted by Gasteiger charge is 2.20. The average molecular weight is 250 g/mol. The zero-order valence-corrected chi connectivity index (χ0v) is 11.4. The van der Waals surface area contributed by atoms with Gasteiger partial charge in [-0.1, -0.05) is 26.3 Å². The maximum absolute atomic E-state index is 11.9. The molecule has 1 aromatic carbocycles. The highest BCUT2D eigenvalue weighted by atomic mass is 16.3. The third kappa shape index (κ3) is 3.01. The van der Waals surface area contributed by atoms with Crippen molar-refractivity contribution in [3.05, 3.63) is 23.3 Å². The molecule has 4 nitrogen and oxygen atoms in total. The fourth-order valence-corrected chi connectivity index (χ4v) is 1.70. The lowest BCUT2D eigenvalue weighted by molar-refractivity contribution is -0.118. The molecule has 4 heteroatoms. The van der Waals surface area contributed by atoms with Crippen molar-refractivity contribution in [3.8, 4) is 5.75 Å². The first-order valence-electron chi connectivity index (χ1n) is 6.24. The van der Waals surface area contributed by atoms with Crippen molar-refractivity contribution in [3.63, 3.8) is 0 Å². The summed E-state index contributed by atoms with van der Waals surface area (Å²) in [4.78, 5) is 11.9. The largest absolute Gasteiger partial charge is 0.507 e. The van der Waals surface area contributed by atoms with Gasteiger partial charge in [0.05, 0.1) is 6.04 Å². The van der Waals surface area contributed by atoms with Crippen molar-refractivity contribution < 1.29 is 9.90 Å². The van der Waals surface area contributed by atoms with Gasteiger partial charge in [-0.05, 0) is 31.4 Å². The van der Waals surface area contributed by atoms with Crippen LogP contribution in [0, 0.1) is 19.8 Å². The number of nitrogens with one attached hydrogen (secondary N) is 1. The molecule has 0 aromatic heterocycles. The van der Waals surface area contributed by atoms with E-state index in [1.165, 1.54) is 0 Å². The minimum absolute atomic E-state index is 0.129. The summed E-state index contributed by atoms with van der Waals surface area (Å²) in [5.41, 5.74) is 7.93. The number of phenolic OH excluding ortho intramolecular Hbond substituents is 1. The van der Waals surface area contributed by atoms with E-state index in [4.69, 9.17) is 5.73 Å². The Morgan fingerprint density at radius 1 is 1.44 bits per heavy atom. The molecule has 1 aromatic rings. The number of carbonyl (C=O) groups excluding carboxylic acids is 1. The van der Waals surface area contributed by atoms with Crippen LogP contribution in [0.2, 0.25) is 0 Å². The first kappa shape index (κ1) is 14.5. The summed E-state index contributed by atoms with van der Waals surface area (Å²) in [6, 6.07) is 3.02. The lowest BCUT2D eigenvalue weighted by atomic mass is 9.99. The number of hydrogen-bond acceptors (Lipinski definition) is 3. The number of phenols is 1. The predicted octanol–water partition coefficient (Wildman–Crippen LogP) is 2.32. The van der Waals surface area contributed by atoms with E-state index in [9.17, 15) is 9.90 Å². The first-order valence-corrected chi connectivity index (χ1v) is 6.24. The van der Waals surface area contributed by atoms with E-state index in [2.05, 4.69) is 5.32 Å². The number of aryl methyl sites for hydroxylation is 1. The lowest BCUT2D eigenvalue weighted by Gasteiger charge is -2.19. The third-order valence-corrected chi connectivity index (χ3v) is 3.45. The lowest BCUT2D eigenvalue weighted by Crippen LogP contribution is -2.40. The maximum Gasteiger partial charge on any atom is 0.241 e. The van der Waals surface area contributed by atoms with Crippen LogP contribution < -0.4 is 11.1 Å². The molecule has 0 aliphatic carbocycles. The standard InChI is InChI=1S/C14H22N2O2/c1-5-8(2)12(15)14(18)16-11-7-6-9(3)13(17)10(11)4/h6-8,12,17H,5,15H2,1-4H3,(H,16,18). The topological polar surface area (TPSA) is 75.4 Å². The number of aromatic hydroxyl groups is 1. The van der Waals surface area contributed by atoms with E-state index in [1.807, 2.05) is 20.8 Å². The summed E-state index contributed by atoms with van der Waals surface area (Å²) < 4.78 is 0. The SMILES string of the molecule is CCC(C)C(N)C(=O)Nc1ccc(C)c(O)c1C. The van der Waals surface area contributed by atoms with Gasteiger partial charge in [0.1, 0.15) is 5.75 Å². The molecular weight excluding hydrogens is 228 g/mol. The van der Waals surface area contributed by atoms with E-state index < -0.39 is 6.04 Å². The Labute approximate surface area is 108 Å². The van der Waals surface area contributed by atoms with Gasteiger partial charge in [0, 0.05) is 11.3 Å². The molecule has 1 rings (SSSR count). The van der Waals surface area contributed by atoms with E-state index in [1.54, 1.807) is 19.1 Å². The van der Waals surface area contributed by atoms with Gasteiger partial charge < -0.3 is 16.2 Å². The molecule has 1 amide bonds. The van der Waals surface area contributed by atoms with E-state index in [0.717, 1.165) is 12.0 Å². The number of amides is 1. The fraction of sp³-hybridized carbons (Fsp3) is 0.500. The van der Waals surface area contributed by atoms with Gasteiger partial charge in [0.15, 0.2) is 0 Å². The second-order valence-corrected chi connectivity index (χ2v) is 4.80. The highest BCUT2D eigenvalue weighted by Crippen LogP contribution is 2.28. The summed E-state index contributed by atoms with van der Waals surface area (Å²) in [6.45, 7) is 7.54. The van der Waals surface area contributed by atoms with Crippen LogP contribution in [0.1, 0.15) is 31.4 Å². The van der Waals surface area contributed by atoms with Crippen LogP contribution in [0.3, 0.4) is 0 Å². The molecule has 2 unspecified atom stereocenters. The summed E-state index contributed by atoms with van der Waals surface area (Å²) >= 11 is 0. The van der Waals surface area contributed by atoms with E-state index in [0.29, 0.717) is 11.3 Å². The Morgan fingerprint density at radius 2 is 2.06 bits per heavy atom. The summed E-state index contributed by atoms with van der Waals surface area (Å²) in [7, 11) is 0. The molecule has 0 spiro atoms. The number of nitrogens with two attached hydrogens (primary N) is 1. The van der Waals surface area contributed by atoms with E-state index in [-0.39, 0.29) is 17.6 Å². The third-order valence-electron chi connectivity index (χ3n) is 3.45. The van der Waals surface area contributed by atoms with Crippen molar-refractivity contribution in [2.45, 2.75) is 40.2 Å². The normalized spacial score (nSPS) is 14.1. The van der Waals surface area contributed by atoms with E-state index >= 15 is 0 Å². The van der Waals surface area contributed by atoms with Crippen LogP contribution in [-0.2, 0) is 4.79 Å². The second-order valence-electron chi connectivity index (χ2n) is 4.80. The smallest absolute Gasteiger partial charge is 0.241 e. The minimum Gasteiger partial charge on any atom is -0.507 e. The summed E-state index contributed by atoms with van der Waals surface area (Å²) in [5, 5.41) is 12.6. The predicted molar refractivity (Wildman–Crippen MR) is 73.6 cm³/mol. The van der Waals surface area contributed by atoms with Gasteiger partial charge >= 0.3 is 0 Å². The molecule has 0 radical (unpaired) electrons. The van der Waals surface area contributed by atoms with Gasteiger partial charge in [-0.25, -0.2) is 0 Å². The van der Waals surface area contributed by atoms with Crippen molar-refractivity contribution in [2.24, 2.45) is 11.7 Å². The Hall–Kier alpha value is -1.55. The summed E-state index contributed by atoms with van der Waals surface area (Å²) in [5.74, 6) is 0.130. The van der Waals surface area contributed by atoms with Crippen molar-refractivity contribution in [2.75, 3.05) is 5.32 Å². The first-order chi connectivity index (χ1) is 8.38. The molecular formula is C14H22N2O2. The molecule has 0 aliphatic heterocycles. The van der Waals surface area contributed by atoms with Crippen LogP contribution in [-0.4, -0.2) is 17.1 Å². The second kappa shape index (κ2) is 5.87. The molecule has 0 fully saturated rings. The molecule has 0 bridgehead atoms. The molecule has 0 heterocycles. The molecule has 0 saturated heterocycles. The maximum atomic E-state index is 11.9. The van der Waals surface area contributed by atoms with Crippen LogP contribution in [0.25, 0.3) is 0 Å². The zero-order chi connectivity index (χ0) is 13.9. The number of benzene rings is 1. The summed E-state index contributed by atoms with van der Waals surface area (Å²) in [6.07, 6.45) is 0.854. The van der Waals surface area contributed by atoms with Crippen LogP contribution in [0.15, 0.2) is 12.1 Å². The fourth-order valence-electron chi connectivity index (χ4n) is 1.70. The number of carbonyl (C=O) groups is 1. The average Bonchev–Trinajstić information content (AvgIpc) is 2.37. The monoisotopic (exact) mass is 250 g/mol. The Kier molecular flexibility index (Phi) is 4.73. The van der Waals surface area contributed by atoms with Crippen LogP contribution in [0.5, 0.6) is 5.75 Å². The Bertz CT molecular complexity index is 444. The van der Waals surface area contributed by atoms with Crippen molar-refractivity contribution in [1.29, 1.82) is 0 Å². The van der Waals surface area contributed by atoms with Crippen molar-refractivity contribution >= 4 is 11.6 Å². The molecule has 100 valence electrons. The Morgan fingerprint density at radius 3 is 2.61 bits per heavy atom. The van der Waals surface area contributed by atoms with Gasteiger partial charge in [0.2, 0.25) is 5.91 Å². The van der Waals surface area contributed by atoms with Gasteiger partial charge in [-0.15, -0.1) is 0 Å². The molecule has 2 atom stereocenters. The number of hydrogen-bond donors (Lipinski definition) is 3. The van der Waals surface area contributed by atoms with Gasteiger partial charge in [-0.2, -0.15) is 0 Å². The van der Waals surface area contributed by atoms with Gasteiger partial charge in [0.25, 0.3) is 0 Å². The zero-order valence-electron chi connectivity index (χ0n) is 11.4. The van der Waals surface area contributed by atoms with Gasteiger partial charge in [-0.3, -0.25) is 4.79 Å².